The Labute approximate surface area is 175 Å². The van der Waals surface area contributed by atoms with E-state index in [1.54, 1.807) is 28.8 Å². The monoisotopic (exact) mass is 411 g/mol. The van der Waals surface area contributed by atoms with E-state index in [0.717, 1.165) is 43.2 Å². The van der Waals surface area contributed by atoms with E-state index >= 15 is 0 Å². The third-order valence-corrected chi connectivity index (χ3v) is 6.32. The molecule has 7 heteroatoms. The van der Waals surface area contributed by atoms with Crippen molar-refractivity contribution in [2.45, 2.75) is 13.0 Å². The predicted molar refractivity (Wildman–Crippen MR) is 117 cm³/mol. The van der Waals surface area contributed by atoms with Crippen LogP contribution in [0.4, 0.5) is 11.4 Å². The largest absolute Gasteiger partial charge is 0.378 e. The van der Waals surface area contributed by atoms with E-state index < -0.39 is 6.04 Å². The molecule has 2 aliphatic heterocycles. The highest BCUT2D eigenvalue weighted by Crippen LogP contribution is 2.27. The second-order valence-corrected chi connectivity index (χ2v) is 8.24. The van der Waals surface area contributed by atoms with Gasteiger partial charge in [0.1, 0.15) is 6.04 Å². The first-order valence-electron chi connectivity index (χ1n) is 9.81. The highest BCUT2D eigenvalue weighted by Gasteiger charge is 2.35. The lowest BCUT2D eigenvalue weighted by Gasteiger charge is -2.29. The number of morpholine rings is 1. The van der Waals surface area contributed by atoms with Crippen LogP contribution in [0, 0.1) is 6.92 Å². The smallest absolute Gasteiger partial charge is 0.255 e. The van der Waals surface area contributed by atoms with Gasteiger partial charge in [-0.05, 0) is 42.8 Å². The standard InChI is InChI=1S/C22H25N3O3S/c1-16-13-18(24-9-11-28-12-10-24)7-8-19(16)23-21(26)20-14-29-15-25(20)22(27)17-5-3-2-4-6-17/h2-8,13,20H,9-12,14-15H2,1H3,(H,23,26). The molecule has 2 saturated heterocycles. The molecule has 2 aromatic carbocycles. The summed E-state index contributed by atoms with van der Waals surface area (Å²) in [5, 5.41) is 3.03. The van der Waals surface area contributed by atoms with Gasteiger partial charge in [-0.15, -0.1) is 11.8 Å². The van der Waals surface area contributed by atoms with Crippen molar-refractivity contribution >= 4 is 35.0 Å². The van der Waals surface area contributed by atoms with Crippen molar-refractivity contribution in [2.24, 2.45) is 0 Å². The fraction of sp³-hybridized carbons (Fsp3) is 0.364. The lowest BCUT2D eigenvalue weighted by Crippen LogP contribution is -2.44. The highest BCUT2D eigenvalue weighted by atomic mass is 32.2. The molecule has 2 amide bonds. The molecule has 29 heavy (non-hydrogen) atoms. The molecule has 0 radical (unpaired) electrons. The molecule has 1 atom stereocenters. The number of hydrogen-bond acceptors (Lipinski definition) is 5. The summed E-state index contributed by atoms with van der Waals surface area (Å²) < 4.78 is 5.41. The summed E-state index contributed by atoms with van der Waals surface area (Å²) in [4.78, 5) is 29.7. The van der Waals surface area contributed by atoms with Crippen LogP contribution in [0.3, 0.4) is 0 Å². The number of nitrogens with one attached hydrogen (secondary N) is 1. The summed E-state index contributed by atoms with van der Waals surface area (Å²) in [5.74, 6) is 0.896. The van der Waals surface area contributed by atoms with Crippen molar-refractivity contribution in [3.8, 4) is 0 Å². The first-order valence-corrected chi connectivity index (χ1v) is 11.0. The predicted octanol–water partition coefficient (Wildman–Crippen LogP) is 2.99. The number of carbonyl (C=O) groups excluding carboxylic acids is 2. The first-order chi connectivity index (χ1) is 14.1. The van der Waals surface area contributed by atoms with Crippen LogP contribution in [0.15, 0.2) is 48.5 Å². The van der Waals surface area contributed by atoms with Gasteiger partial charge in [0.05, 0.1) is 19.1 Å². The third-order valence-electron chi connectivity index (χ3n) is 5.31. The number of anilines is 2. The van der Waals surface area contributed by atoms with Crippen LogP contribution < -0.4 is 10.2 Å². The third kappa shape index (κ3) is 4.41. The minimum Gasteiger partial charge on any atom is -0.378 e. The highest BCUT2D eigenvalue weighted by molar-refractivity contribution is 7.99. The topological polar surface area (TPSA) is 61.9 Å². The molecule has 2 fully saturated rings. The Morgan fingerprint density at radius 3 is 2.59 bits per heavy atom. The van der Waals surface area contributed by atoms with Crippen molar-refractivity contribution in [3.05, 3.63) is 59.7 Å². The van der Waals surface area contributed by atoms with Crippen LogP contribution in [0.5, 0.6) is 0 Å². The molecule has 152 valence electrons. The SMILES string of the molecule is Cc1cc(N2CCOCC2)ccc1NC(=O)C1CSCN1C(=O)c1ccccc1. The zero-order valence-electron chi connectivity index (χ0n) is 16.5. The van der Waals surface area contributed by atoms with Crippen molar-refractivity contribution in [1.82, 2.24) is 4.90 Å². The number of thioether (sulfide) groups is 1. The van der Waals surface area contributed by atoms with Crippen molar-refractivity contribution in [3.63, 3.8) is 0 Å². The minimum atomic E-state index is -0.467. The lowest BCUT2D eigenvalue weighted by molar-refractivity contribution is -0.119. The lowest BCUT2D eigenvalue weighted by atomic mass is 10.1. The zero-order chi connectivity index (χ0) is 20.2. The van der Waals surface area contributed by atoms with Gasteiger partial charge in [0.15, 0.2) is 0 Å². The summed E-state index contributed by atoms with van der Waals surface area (Å²) in [6, 6.07) is 14.7. The van der Waals surface area contributed by atoms with Gasteiger partial charge >= 0.3 is 0 Å². The van der Waals surface area contributed by atoms with E-state index in [0.29, 0.717) is 17.2 Å². The molecule has 2 aromatic rings. The molecular formula is C22H25N3O3S. The molecule has 1 unspecified atom stereocenters. The van der Waals surface area contributed by atoms with Crippen LogP contribution >= 0.6 is 11.8 Å². The Balaban J connectivity index is 1.45. The van der Waals surface area contributed by atoms with Crippen molar-refractivity contribution in [2.75, 3.05) is 48.1 Å². The Morgan fingerprint density at radius 1 is 1.10 bits per heavy atom. The number of nitrogens with zero attached hydrogens (tertiary/aromatic N) is 2. The molecule has 0 aliphatic carbocycles. The number of amides is 2. The second-order valence-electron chi connectivity index (χ2n) is 7.24. The molecule has 2 aliphatic rings. The van der Waals surface area contributed by atoms with Gasteiger partial charge in [-0.25, -0.2) is 0 Å². The van der Waals surface area contributed by atoms with Gasteiger partial charge in [0.2, 0.25) is 5.91 Å². The fourth-order valence-corrected chi connectivity index (χ4v) is 4.78. The number of carbonyl (C=O) groups is 2. The summed E-state index contributed by atoms with van der Waals surface area (Å²) in [6.07, 6.45) is 0. The molecular weight excluding hydrogens is 386 g/mol. The molecule has 0 bridgehead atoms. The molecule has 2 heterocycles. The second kappa shape index (κ2) is 8.88. The molecule has 0 aromatic heterocycles. The summed E-state index contributed by atoms with van der Waals surface area (Å²) >= 11 is 1.60. The molecule has 1 N–H and O–H groups in total. The van der Waals surface area contributed by atoms with Crippen LogP contribution in [0.25, 0.3) is 0 Å². The molecule has 0 saturated carbocycles. The van der Waals surface area contributed by atoms with Gasteiger partial charge in [-0.3, -0.25) is 9.59 Å². The number of ether oxygens (including phenoxy) is 1. The van der Waals surface area contributed by atoms with Crippen molar-refractivity contribution < 1.29 is 14.3 Å². The number of benzene rings is 2. The maximum atomic E-state index is 13.0. The minimum absolute atomic E-state index is 0.102. The van der Waals surface area contributed by atoms with Gasteiger partial charge in [-0.1, -0.05) is 18.2 Å². The zero-order valence-corrected chi connectivity index (χ0v) is 17.3. The van der Waals surface area contributed by atoms with Crippen LogP contribution in [0.1, 0.15) is 15.9 Å². The quantitative estimate of drug-likeness (QED) is 0.838. The first kappa shape index (κ1) is 19.8. The van der Waals surface area contributed by atoms with Gasteiger partial charge in [0.25, 0.3) is 5.91 Å². The Morgan fingerprint density at radius 2 is 1.86 bits per heavy atom. The van der Waals surface area contributed by atoms with Crippen LogP contribution in [-0.2, 0) is 9.53 Å². The maximum absolute atomic E-state index is 13.0. The van der Waals surface area contributed by atoms with E-state index in [4.69, 9.17) is 4.74 Å². The van der Waals surface area contributed by atoms with E-state index in [1.807, 2.05) is 37.3 Å². The average Bonchev–Trinajstić information content (AvgIpc) is 3.26. The number of hydrogen-bond donors (Lipinski definition) is 1. The maximum Gasteiger partial charge on any atom is 0.255 e. The van der Waals surface area contributed by atoms with Crippen LogP contribution in [0.2, 0.25) is 0 Å². The van der Waals surface area contributed by atoms with E-state index in [-0.39, 0.29) is 11.8 Å². The molecule has 6 nitrogen and oxygen atoms in total. The fourth-order valence-electron chi connectivity index (χ4n) is 3.63. The Hall–Kier alpha value is -2.51. The average molecular weight is 412 g/mol. The molecule has 0 spiro atoms. The Kier molecular flexibility index (Phi) is 6.06. The normalized spacial score (nSPS) is 19.3. The number of rotatable bonds is 4. The Bertz CT molecular complexity index is 884. The summed E-state index contributed by atoms with van der Waals surface area (Å²) in [6.45, 7) is 5.22. The number of aryl methyl sites for hydroxylation is 1. The van der Waals surface area contributed by atoms with E-state index in [1.165, 1.54) is 0 Å². The van der Waals surface area contributed by atoms with Gasteiger partial charge in [0, 0.05) is 35.8 Å². The molecule has 4 rings (SSSR count). The summed E-state index contributed by atoms with van der Waals surface area (Å²) in [7, 11) is 0. The van der Waals surface area contributed by atoms with E-state index in [9.17, 15) is 9.59 Å². The van der Waals surface area contributed by atoms with Gasteiger partial charge < -0.3 is 19.9 Å². The summed E-state index contributed by atoms with van der Waals surface area (Å²) in [5.41, 5.74) is 3.55. The van der Waals surface area contributed by atoms with Gasteiger partial charge in [-0.2, -0.15) is 0 Å². The van der Waals surface area contributed by atoms with Crippen molar-refractivity contribution in [1.29, 1.82) is 0 Å². The van der Waals surface area contributed by atoms with E-state index in [2.05, 4.69) is 16.3 Å². The van der Waals surface area contributed by atoms with Crippen LogP contribution in [-0.4, -0.2) is 60.7 Å².